The fourth-order valence-corrected chi connectivity index (χ4v) is 2.32. The molecule has 4 nitrogen and oxygen atoms in total. The summed E-state index contributed by atoms with van der Waals surface area (Å²) in [5, 5.41) is 1.18. The van der Waals surface area contributed by atoms with E-state index in [1.165, 1.54) is 10.9 Å². The maximum absolute atomic E-state index is 5.59. The number of benzene rings is 1. The van der Waals surface area contributed by atoms with Crippen LogP contribution in [0.5, 0.6) is 11.5 Å². The van der Waals surface area contributed by atoms with Crippen LogP contribution >= 0.6 is 0 Å². The Bertz CT molecular complexity index is 562. The Labute approximate surface area is 106 Å². The summed E-state index contributed by atoms with van der Waals surface area (Å²) in [5.74, 6) is 1.75. The Morgan fingerprint density at radius 3 is 3.06 bits per heavy atom. The zero-order valence-corrected chi connectivity index (χ0v) is 10.8. The van der Waals surface area contributed by atoms with Gasteiger partial charge in [-0.15, -0.1) is 0 Å². The average molecular weight is 246 g/mol. The molecule has 18 heavy (non-hydrogen) atoms. The van der Waals surface area contributed by atoms with Crippen molar-refractivity contribution in [2.45, 2.75) is 13.3 Å². The van der Waals surface area contributed by atoms with Crippen LogP contribution in [-0.4, -0.2) is 36.8 Å². The van der Waals surface area contributed by atoms with Crippen molar-refractivity contribution >= 4 is 10.9 Å². The van der Waals surface area contributed by atoms with Crippen molar-refractivity contribution in [3.63, 3.8) is 0 Å². The Kier molecular flexibility index (Phi) is 2.88. The van der Waals surface area contributed by atoms with E-state index in [1.54, 1.807) is 0 Å². The third kappa shape index (κ3) is 1.82. The van der Waals surface area contributed by atoms with Gasteiger partial charge in [0.05, 0.1) is 0 Å². The first-order valence-corrected chi connectivity index (χ1v) is 6.36. The minimum Gasteiger partial charge on any atom is -0.454 e. The van der Waals surface area contributed by atoms with Gasteiger partial charge in [-0.2, -0.15) is 0 Å². The van der Waals surface area contributed by atoms with Crippen LogP contribution in [0, 0.1) is 0 Å². The summed E-state index contributed by atoms with van der Waals surface area (Å²) >= 11 is 0. The van der Waals surface area contributed by atoms with Crippen LogP contribution in [-0.2, 0) is 6.42 Å². The number of nitrogens with one attached hydrogen (secondary N) is 1. The molecule has 4 heteroatoms. The van der Waals surface area contributed by atoms with Gasteiger partial charge in [-0.3, -0.25) is 0 Å². The number of fused-ring (bicyclic) bond motifs is 3. The minimum atomic E-state index is 0.327. The van der Waals surface area contributed by atoms with E-state index in [4.69, 9.17) is 9.47 Å². The van der Waals surface area contributed by atoms with E-state index in [1.807, 2.05) is 6.07 Å². The summed E-state index contributed by atoms with van der Waals surface area (Å²) in [6.45, 7) is 4.62. The van der Waals surface area contributed by atoms with E-state index >= 15 is 0 Å². The molecule has 0 atom stereocenters. The van der Waals surface area contributed by atoms with Gasteiger partial charge in [0.1, 0.15) is 0 Å². The number of aromatic amines is 1. The van der Waals surface area contributed by atoms with E-state index < -0.39 is 0 Å². The Hall–Kier alpha value is -1.68. The van der Waals surface area contributed by atoms with Crippen LogP contribution < -0.4 is 9.47 Å². The highest BCUT2D eigenvalue weighted by Gasteiger charge is 2.19. The lowest BCUT2D eigenvalue weighted by Gasteiger charge is -2.13. The second-order valence-electron chi connectivity index (χ2n) is 4.68. The number of rotatable bonds is 4. The molecule has 96 valence electrons. The fourth-order valence-electron chi connectivity index (χ4n) is 2.32. The van der Waals surface area contributed by atoms with Crippen LogP contribution in [0.3, 0.4) is 0 Å². The molecule has 0 saturated heterocycles. The van der Waals surface area contributed by atoms with Crippen molar-refractivity contribution in [3.05, 3.63) is 23.9 Å². The standard InChI is InChI=1S/C14H18N2O2/c1-3-16(2)7-6-10-8-15-11-4-5-12-14(13(10)11)18-9-17-12/h4-5,8,15H,3,6-7,9H2,1-2H3. The highest BCUT2D eigenvalue weighted by atomic mass is 16.7. The third-order valence-corrected chi connectivity index (χ3v) is 3.56. The zero-order chi connectivity index (χ0) is 12.5. The van der Waals surface area contributed by atoms with Crippen LogP contribution in [0.1, 0.15) is 12.5 Å². The lowest BCUT2D eigenvalue weighted by Crippen LogP contribution is -2.20. The molecule has 0 amide bonds. The van der Waals surface area contributed by atoms with Crippen molar-refractivity contribution in [2.24, 2.45) is 0 Å². The van der Waals surface area contributed by atoms with Crippen molar-refractivity contribution in [1.29, 1.82) is 0 Å². The van der Waals surface area contributed by atoms with Gasteiger partial charge in [0.2, 0.25) is 6.79 Å². The Morgan fingerprint density at radius 2 is 2.22 bits per heavy atom. The molecule has 2 heterocycles. The van der Waals surface area contributed by atoms with Gasteiger partial charge in [-0.1, -0.05) is 6.92 Å². The van der Waals surface area contributed by atoms with Crippen LogP contribution in [0.15, 0.2) is 18.3 Å². The van der Waals surface area contributed by atoms with E-state index in [0.29, 0.717) is 6.79 Å². The Morgan fingerprint density at radius 1 is 1.33 bits per heavy atom. The van der Waals surface area contributed by atoms with Gasteiger partial charge < -0.3 is 19.4 Å². The number of hydrogen-bond donors (Lipinski definition) is 1. The van der Waals surface area contributed by atoms with E-state index in [0.717, 1.165) is 36.5 Å². The Balaban J connectivity index is 1.95. The first-order chi connectivity index (χ1) is 8.79. The number of nitrogens with zero attached hydrogens (tertiary/aromatic N) is 1. The SMILES string of the molecule is CCN(C)CCc1c[nH]c2ccc3c(c12)OCO3. The summed E-state index contributed by atoms with van der Waals surface area (Å²) in [5.41, 5.74) is 2.42. The van der Waals surface area contributed by atoms with Gasteiger partial charge in [-0.25, -0.2) is 0 Å². The smallest absolute Gasteiger partial charge is 0.231 e. The lowest BCUT2D eigenvalue weighted by molar-refractivity contribution is 0.175. The molecule has 1 N–H and O–H groups in total. The molecule has 1 aromatic heterocycles. The van der Waals surface area contributed by atoms with Crippen LogP contribution in [0.2, 0.25) is 0 Å². The molecule has 3 rings (SSSR count). The van der Waals surface area contributed by atoms with Gasteiger partial charge in [0.25, 0.3) is 0 Å². The predicted molar refractivity (Wildman–Crippen MR) is 71.3 cm³/mol. The molecule has 0 radical (unpaired) electrons. The van der Waals surface area contributed by atoms with Gasteiger partial charge in [0, 0.05) is 23.6 Å². The van der Waals surface area contributed by atoms with Crippen LogP contribution in [0.25, 0.3) is 10.9 Å². The second kappa shape index (κ2) is 4.53. The number of ether oxygens (including phenoxy) is 2. The summed E-state index contributed by atoms with van der Waals surface area (Å²) in [4.78, 5) is 5.61. The van der Waals surface area contributed by atoms with Gasteiger partial charge in [0.15, 0.2) is 11.5 Å². The van der Waals surface area contributed by atoms with Crippen molar-refractivity contribution in [2.75, 3.05) is 26.9 Å². The maximum atomic E-state index is 5.59. The number of H-pyrrole nitrogens is 1. The quantitative estimate of drug-likeness (QED) is 0.900. The minimum absolute atomic E-state index is 0.327. The average Bonchev–Trinajstić information content (AvgIpc) is 3.01. The number of hydrogen-bond acceptors (Lipinski definition) is 3. The van der Waals surface area contributed by atoms with E-state index in [9.17, 15) is 0 Å². The molecule has 1 aliphatic rings. The summed E-state index contributed by atoms with van der Waals surface area (Å²) in [7, 11) is 2.14. The summed E-state index contributed by atoms with van der Waals surface area (Å²) in [6.07, 6.45) is 3.10. The molecule has 0 unspecified atom stereocenters. The van der Waals surface area contributed by atoms with Crippen molar-refractivity contribution in [1.82, 2.24) is 9.88 Å². The molecule has 0 spiro atoms. The normalized spacial score (nSPS) is 13.7. The maximum Gasteiger partial charge on any atom is 0.231 e. The fraction of sp³-hybridized carbons (Fsp3) is 0.429. The first kappa shape index (κ1) is 11.4. The first-order valence-electron chi connectivity index (χ1n) is 6.36. The molecule has 1 aliphatic heterocycles. The number of aromatic nitrogens is 1. The summed E-state index contributed by atoms with van der Waals surface area (Å²) in [6, 6.07) is 4.01. The monoisotopic (exact) mass is 246 g/mol. The third-order valence-electron chi connectivity index (χ3n) is 3.56. The predicted octanol–water partition coefficient (Wildman–Crippen LogP) is 2.39. The van der Waals surface area contributed by atoms with Crippen molar-refractivity contribution < 1.29 is 9.47 Å². The molecule has 0 bridgehead atoms. The van der Waals surface area contributed by atoms with E-state index in [2.05, 4.69) is 36.1 Å². The molecule has 0 aliphatic carbocycles. The highest BCUT2D eigenvalue weighted by Crippen LogP contribution is 2.40. The zero-order valence-electron chi connectivity index (χ0n) is 10.8. The van der Waals surface area contributed by atoms with Crippen LogP contribution in [0.4, 0.5) is 0 Å². The number of likely N-dealkylation sites (N-methyl/N-ethyl adjacent to an activating group) is 1. The molecule has 0 fully saturated rings. The van der Waals surface area contributed by atoms with Gasteiger partial charge >= 0.3 is 0 Å². The molecule has 1 aromatic carbocycles. The topological polar surface area (TPSA) is 37.5 Å². The lowest BCUT2D eigenvalue weighted by atomic mass is 10.1. The molecular weight excluding hydrogens is 228 g/mol. The molecular formula is C14H18N2O2. The largest absolute Gasteiger partial charge is 0.454 e. The molecule has 0 saturated carbocycles. The van der Waals surface area contributed by atoms with E-state index in [-0.39, 0.29) is 0 Å². The van der Waals surface area contributed by atoms with Crippen molar-refractivity contribution in [3.8, 4) is 11.5 Å². The second-order valence-corrected chi connectivity index (χ2v) is 4.68. The summed E-state index contributed by atoms with van der Waals surface area (Å²) < 4.78 is 11.0. The molecule has 2 aromatic rings. The van der Waals surface area contributed by atoms with Gasteiger partial charge in [-0.05, 0) is 37.7 Å². The highest BCUT2D eigenvalue weighted by molar-refractivity contribution is 5.92.